The van der Waals surface area contributed by atoms with Gasteiger partial charge in [-0.15, -0.1) is 10.2 Å². The molecular formula is C22H22F3N5O3S. The lowest BCUT2D eigenvalue weighted by molar-refractivity contribution is -0.137. The number of hydrogen-bond acceptors (Lipinski definition) is 7. The molecule has 1 N–H and O–H groups in total. The molecule has 180 valence electrons. The third kappa shape index (κ3) is 6.07. The Morgan fingerprint density at radius 3 is 2.44 bits per heavy atom. The Morgan fingerprint density at radius 2 is 1.82 bits per heavy atom. The number of alkyl halides is 3. The van der Waals surface area contributed by atoms with Crippen molar-refractivity contribution in [3.8, 4) is 22.9 Å². The van der Waals surface area contributed by atoms with E-state index in [4.69, 9.17) is 9.47 Å². The van der Waals surface area contributed by atoms with E-state index in [9.17, 15) is 18.0 Å². The average Bonchev–Trinajstić information content (AvgIpc) is 3.25. The first-order chi connectivity index (χ1) is 16.3. The number of methoxy groups -OCH3 is 2. The van der Waals surface area contributed by atoms with Crippen molar-refractivity contribution < 1.29 is 27.4 Å². The van der Waals surface area contributed by atoms with Gasteiger partial charge >= 0.3 is 6.18 Å². The Bertz CT molecular complexity index is 1160. The topological polar surface area (TPSA) is 90.6 Å². The molecule has 8 nitrogen and oxygen atoms in total. The first kappa shape index (κ1) is 25.1. The molecular weight excluding hydrogens is 471 g/mol. The van der Waals surface area contributed by atoms with Crippen molar-refractivity contribution in [2.75, 3.05) is 20.0 Å². The highest BCUT2D eigenvalue weighted by atomic mass is 32.2. The van der Waals surface area contributed by atoms with Crippen LogP contribution in [-0.4, -0.2) is 46.9 Å². The Kier molecular flexibility index (Phi) is 8.16. The fraction of sp³-hybridized carbons (Fsp3) is 0.273. The van der Waals surface area contributed by atoms with Crippen LogP contribution < -0.4 is 14.9 Å². The number of hydrogen-bond donors (Lipinski definition) is 1. The summed E-state index contributed by atoms with van der Waals surface area (Å²) in [6.07, 6.45) is -3.13. The van der Waals surface area contributed by atoms with Gasteiger partial charge in [-0.2, -0.15) is 18.3 Å². The summed E-state index contributed by atoms with van der Waals surface area (Å²) in [4.78, 5) is 12.1. The van der Waals surface area contributed by atoms with Gasteiger partial charge in [-0.1, -0.05) is 23.9 Å². The number of ether oxygens (including phenoxy) is 2. The molecule has 34 heavy (non-hydrogen) atoms. The number of halogens is 3. The molecule has 3 aromatic rings. The van der Waals surface area contributed by atoms with Crippen LogP contribution in [0, 0.1) is 0 Å². The van der Waals surface area contributed by atoms with E-state index in [1.807, 2.05) is 17.6 Å². The summed E-state index contributed by atoms with van der Waals surface area (Å²) in [6, 6.07) is 9.86. The SMILES string of the molecule is CCn1c(SCC(=O)N/N=C/c2ccc(C(F)(F)F)cc2)nnc1-c1ccc(OC)c(OC)c1. The van der Waals surface area contributed by atoms with Crippen LogP contribution in [-0.2, 0) is 17.5 Å². The largest absolute Gasteiger partial charge is 0.493 e. The second-order valence-corrected chi connectivity index (χ2v) is 7.76. The van der Waals surface area contributed by atoms with Crippen molar-refractivity contribution in [2.24, 2.45) is 5.10 Å². The molecule has 1 amide bonds. The molecule has 2 aromatic carbocycles. The van der Waals surface area contributed by atoms with Gasteiger partial charge in [-0.05, 0) is 42.8 Å². The van der Waals surface area contributed by atoms with E-state index in [1.54, 1.807) is 26.4 Å². The van der Waals surface area contributed by atoms with Gasteiger partial charge < -0.3 is 14.0 Å². The zero-order valence-electron chi connectivity index (χ0n) is 18.6. The third-order valence-electron chi connectivity index (χ3n) is 4.65. The van der Waals surface area contributed by atoms with Gasteiger partial charge in [0, 0.05) is 12.1 Å². The number of carbonyl (C=O) groups excluding carboxylic acids is 1. The predicted octanol–water partition coefficient (Wildman–Crippen LogP) is 4.24. The van der Waals surface area contributed by atoms with Crippen molar-refractivity contribution in [1.29, 1.82) is 0 Å². The van der Waals surface area contributed by atoms with E-state index in [-0.39, 0.29) is 5.75 Å². The van der Waals surface area contributed by atoms with Crippen LogP contribution in [0.15, 0.2) is 52.7 Å². The standard InChI is InChI=1S/C22H22F3N5O3S/c1-4-30-20(15-7-10-17(32-2)18(11-15)33-3)28-29-21(30)34-13-19(31)27-26-12-14-5-8-16(9-6-14)22(23,24)25/h5-12H,4,13H2,1-3H3,(H,27,31)/b26-12+. The van der Waals surface area contributed by atoms with Gasteiger partial charge in [-0.3, -0.25) is 4.79 Å². The summed E-state index contributed by atoms with van der Waals surface area (Å²) < 4.78 is 50.3. The maximum Gasteiger partial charge on any atom is 0.416 e. The smallest absolute Gasteiger partial charge is 0.416 e. The Morgan fingerprint density at radius 1 is 1.12 bits per heavy atom. The molecule has 0 aliphatic heterocycles. The predicted molar refractivity (Wildman–Crippen MR) is 122 cm³/mol. The monoisotopic (exact) mass is 493 g/mol. The van der Waals surface area contributed by atoms with Crippen molar-refractivity contribution in [3.63, 3.8) is 0 Å². The van der Waals surface area contributed by atoms with Crippen molar-refractivity contribution >= 4 is 23.9 Å². The molecule has 0 radical (unpaired) electrons. The van der Waals surface area contributed by atoms with Gasteiger partial charge in [0.25, 0.3) is 5.91 Å². The number of nitrogens with zero attached hydrogens (tertiary/aromatic N) is 4. The Hall–Kier alpha value is -3.54. The molecule has 0 fully saturated rings. The number of amides is 1. The Balaban J connectivity index is 1.61. The lowest BCUT2D eigenvalue weighted by atomic mass is 10.1. The van der Waals surface area contributed by atoms with Crippen molar-refractivity contribution in [3.05, 3.63) is 53.6 Å². The van der Waals surface area contributed by atoms with Gasteiger partial charge in [0.2, 0.25) is 0 Å². The summed E-state index contributed by atoms with van der Waals surface area (Å²) in [5.41, 5.74) is 2.80. The van der Waals surface area contributed by atoms with Crippen LogP contribution in [0.1, 0.15) is 18.1 Å². The lowest BCUT2D eigenvalue weighted by Crippen LogP contribution is -2.20. The molecule has 1 heterocycles. The summed E-state index contributed by atoms with van der Waals surface area (Å²) >= 11 is 1.19. The second-order valence-electron chi connectivity index (χ2n) is 6.82. The van der Waals surface area contributed by atoms with E-state index in [2.05, 4.69) is 20.7 Å². The summed E-state index contributed by atoms with van der Waals surface area (Å²) in [6.45, 7) is 2.51. The van der Waals surface area contributed by atoms with E-state index in [0.717, 1.165) is 17.7 Å². The third-order valence-corrected chi connectivity index (χ3v) is 5.61. The van der Waals surface area contributed by atoms with Crippen LogP contribution in [0.25, 0.3) is 11.4 Å². The molecule has 0 aliphatic rings. The number of thioether (sulfide) groups is 1. The summed E-state index contributed by atoms with van der Waals surface area (Å²) in [5, 5.41) is 12.8. The minimum absolute atomic E-state index is 0.0222. The number of hydrazone groups is 1. The Labute approximate surface area is 198 Å². The summed E-state index contributed by atoms with van der Waals surface area (Å²) in [7, 11) is 3.10. The molecule has 0 saturated carbocycles. The molecule has 0 saturated heterocycles. The van der Waals surface area contributed by atoms with E-state index < -0.39 is 17.6 Å². The average molecular weight is 494 g/mol. The number of rotatable bonds is 9. The fourth-order valence-electron chi connectivity index (χ4n) is 2.97. The number of nitrogens with one attached hydrogen (secondary N) is 1. The van der Waals surface area contributed by atoms with E-state index in [0.29, 0.717) is 34.6 Å². The van der Waals surface area contributed by atoms with Crippen molar-refractivity contribution in [2.45, 2.75) is 24.8 Å². The quantitative estimate of drug-likeness (QED) is 0.272. The zero-order valence-corrected chi connectivity index (χ0v) is 19.4. The maximum absolute atomic E-state index is 12.6. The van der Waals surface area contributed by atoms with Gasteiger partial charge in [-0.25, -0.2) is 5.43 Å². The van der Waals surface area contributed by atoms with Crippen LogP contribution >= 0.6 is 11.8 Å². The molecule has 0 atom stereocenters. The fourth-order valence-corrected chi connectivity index (χ4v) is 3.76. The molecule has 0 aliphatic carbocycles. The lowest BCUT2D eigenvalue weighted by Gasteiger charge is -2.10. The van der Waals surface area contributed by atoms with E-state index in [1.165, 1.54) is 30.1 Å². The highest BCUT2D eigenvalue weighted by Crippen LogP contribution is 2.33. The van der Waals surface area contributed by atoms with E-state index >= 15 is 0 Å². The molecule has 12 heteroatoms. The number of benzene rings is 2. The summed E-state index contributed by atoms with van der Waals surface area (Å²) in [5.74, 6) is 1.40. The first-order valence-electron chi connectivity index (χ1n) is 10.0. The van der Waals surface area contributed by atoms with Crippen LogP contribution in [0.5, 0.6) is 11.5 Å². The maximum atomic E-state index is 12.6. The van der Waals surface area contributed by atoms with Gasteiger partial charge in [0.1, 0.15) is 0 Å². The highest BCUT2D eigenvalue weighted by Gasteiger charge is 2.29. The second kappa shape index (κ2) is 11.1. The molecule has 3 rings (SSSR count). The minimum Gasteiger partial charge on any atom is -0.493 e. The zero-order chi connectivity index (χ0) is 24.7. The van der Waals surface area contributed by atoms with Gasteiger partial charge in [0.05, 0.1) is 31.8 Å². The van der Waals surface area contributed by atoms with Crippen LogP contribution in [0.2, 0.25) is 0 Å². The van der Waals surface area contributed by atoms with Gasteiger partial charge in [0.15, 0.2) is 22.5 Å². The van der Waals surface area contributed by atoms with Crippen molar-refractivity contribution in [1.82, 2.24) is 20.2 Å². The molecule has 0 bridgehead atoms. The molecule has 0 unspecified atom stereocenters. The van der Waals surface area contributed by atoms with Crippen LogP contribution in [0.4, 0.5) is 13.2 Å². The molecule has 1 aromatic heterocycles. The number of carbonyl (C=O) groups is 1. The number of aromatic nitrogens is 3. The minimum atomic E-state index is -4.40. The normalized spacial score (nSPS) is 11.6. The highest BCUT2D eigenvalue weighted by molar-refractivity contribution is 7.99. The molecule has 0 spiro atoms. The van der Waals surface area contributed by atoms with Crippen LogP contribution in [0.3, 0.4) is 0 Å². The first-order valence-corrected chi connectivity index (χ1v) is 11.0.